The van der Waals surface area contributed by atoms with Crippen molar-refractivity contribution in [1.82, 2.24) is 24.7 Å². The molecule has 0 N–H and O–H groups in total. The maximum absolute atomic E-state index is 12.7. The first kappa shape index (κ1) is 17.7. The van der Waals surface area contributed by atoms with Gasteiger partial charge in [-0.3, -0.25) is 9.36 Å². The third-order valence-corrected chi connectivity index (χ3v) is 6.11. The molecule has 8 nitrogen and oxygen atoms in total. The number of pyridine rings is 1. The minimum Gasteiger partial charge on any atom is -0.337 e. The summed E-state index contributed by atoms with van der Waals surface area (Å²) >= 11 is 0. The Bertz CT molecular complexity index is 1450. The molecule has 3 aromatic heterocycles. The average Bonchev–Trinajstić information content (AvgIpc) is 3.14. The summed E-state index contributed by atoms with van der Waals surface area (Å²) in [4.78, 5) is 25.5. The van der Waals surface area contributed by atoms with Gasteiger partial charge in [0, 0.05) is 5.92 Å². The molecule has 0 radical (unpaired) electrons. The van der Waals surface area contributed by atoms with Crippen LogP contribution in [-0.4, -0.2) is 24.7 Å². The number of aromatic nitrogens is 5. The summed E-state index contributed by atoms with van der Waals surface area (Å²) in [5.41, 5.74) is 2.87. The maximum atomic E-state index is 12.7. The molecule has 2 aliphatic rings. The second kappa shape index (κ2) is 6.71. The fraction of sp³-hybridized carbons (Fsp3) is 0.217. The molecule has 4 aromatic rings. The monoisotopic (exact) mass is 408 g/mol. The van der Waals surface area contributed by atoms with E-state index in [1.807, 2.05) is 12.1 Å². The molecule has 6 rings (SSSR count). The van der Waals surface area contributed by atoms with E-state index in [0.29, 0.717) is 28.9 Å². The highest BCUT2D eigenvalue weighted by Crippen LogP contribution is 2.62. The summed E-state index contributed by atoms with van der Waals surface area (Å²) in [7, 11) is 0. The molecule has 1 fully saturated rings. The molecule has 3 heterocycles. The highest BCUT2D eigenvalue weighted by molar-refractivity contribution is 5.73. The smallest absolute Gasteiger partial charge is 0.263 e. The molecular weight excluding hydrogens is 392 g/mol. The van der Waals surface area contributed by atoms with E-state index in [9.17, 15) is 4.79 Å². The summed E-state index contributed by atoms with van der Waals surface area (Å²) in [6, 6.07) is 15.4. The summed E-state index contributed by atoms with van der Waals surface area (Å²) < 4.78 is 6.83. The molecular formula is C23H16N6O2. The molecule has 8 heteroatoms. The lowest BCUT2D eigenvalue weighted by Gasteiger charge is -2.05. The van der Waals surface area contributed by atoms with Crippen LogP contribution in [0.15, 0.2) is 64.2 Å². The lowest BCUT2D eigenvalue weighted by molar-refractivity contribution is 0.364. The molecule has 3 unspecified atom stereocenters. The Morgan fingerprint density at radius 1 is 1.16 bits per heavy atom. The van der Waals surface area contributed by atoms with Crippen LogP contribution in [0.3, 0.4) is 0 Å². The normalized spacial score (nSPS) is 21.5. The second-order valence-corrected chi connectivity index (χ2v) is 7.93. The van der Waals surface area contributed by atoms with Crippen LogP contribution in [0.5, 0.6) is 0 Å². The van der Waals surface area contributed by atoms with Crippen molar-refractivity contribution in [2.75, 3.05) is 0 Å². The molecule has 1 saturated carbocycles. The third kappa shape index (κ3) is 2.94. The minimum absolute atomic E-state index is 0.141. The van der Waals surface area contributed by atoms with E-state index in [0.717, 1.165) is 6.42 Å². The van der Waals surface area contributed by atoms with Gasteiger partial charge < -0.3 is 4.52 Å². The molecule has 0 saturated heterocycles. The van der Waals surface area contributed by atoms with Crippen LogP contribution in [0, 0.1) is 23.2 Å². The van der Waals surface area contributed by atoms with Crippen LogP contribution in [0.25, 0.3) is 16.6 Å². The van der Waals surface area contributed by atoms with E-state index in [1.165, 1.54) is 28.1 Å². The van der Waals surface area contributed by atoms with Gasteiger partial charge in [-0.1, -0.05) is 41.6 Å². The predicted molar refractivity (Wildman–Crippen MR) is 111 cm³/mol. The summed E-state index contributed by atoms with van der Waals surface area (Å²) in [5.74, 6) is 2.33. The number of hydrogen-bond acceptors (Lipinski definition) is 7. The first-order valence-electron chi connectivity index (χ1n) is 10.1. The molecule has 0 aliphatic heterocycles. The van der Waals surface area contributed by atoms with Gasteiger partial charge in [-0.2, -0.15) is 10.2 Å². The predicted octanol–water partition coefficient (Wildman–Crippen LogP) is 2.91. The number of allylic oxidation sites excluding steroid dienone is 2. The Balaban J connectivity index is 1.21. The van der Waals surface area contributed by atoms with Gasteiger partial charge in [0.25, 0.3) is 5.56 Å². The minimum atomic E-state index is -0.263. The zero-order valence-corrected chi connectivity index (χ0v) is 16.3. The van der Waals surface area contributed by atoms with Crippen molar-refractivity contribution in [3.8, 4) is 6.07 Å². The van der Waals surface area contributed by atoms with Gasteiger partial charge in [0.2, 0.25) is 5.89 Å². The molecule has 31 heavy (non-hydrogen) atoms. The first-order chi connectivity index (χ1) is 15.2. The standard InChI is InChI=1S/C23H16N6O2/c24-10-15-6-7-16-21(26-15)25-12-29(23(16)30)11-19-27-22(28-31-19)20-17-8-14(9-18(17)20)13-4-2-1-3-5-13/h1-8,12,17-18,20H,9,11H2. The van der Waals surface area contributed by atoms with Crippen molar-refractivity contribution >= 4 is 16.6 Å². The van der Waals surface area contributed by atoms with Crippen LogP contribution >= 0.6 is 0 Å². The fourth-order valence-electron chi connectivity index (χ4n) is 4.51. The first-order valence-corrected chi connectivity index (χ1v) is 10.1. The van der Waals surface area contributed by atoms with Crippen molar-refractivity contribution in [1.29, 1.82) is 5.26 Å². The van der Waals surface area contributed by atoms with Gasteiger partial charge in [0.1, 0.15) is 24.6 Å². The van der Waals surface area contributed by atoms with Gasteiger partial charge in [0.15, 0.2) is 11.5 Å². The molecule has 3 atom stereocenters. The van der Waals surface area contributed by atoms with Gasteiger partial charge in [0.05, 0.1) is 5.39 Å². The van der Waals surface area contributed by atoms with Crippen LogP contribution < -0.4 is 5.56 Å². The Morgan fingerprint density at radius 2 is 2.03 bits per heavy atom. The van der Waals surface area contributed by atoms with E-state index < -0.39 is 0 Å². The number of rotatable bonds is 4. The highest BCUT2D eigenvalue weighted by Gasteiger charge is 2.55. The molecule has 2 aliphatic carbocycles. The van der Waals surface area contributed by atoms with Crippen molar-refractivity contribution in [2.24, 2.45) is 11.8 Å². The largest absolute Gasteiger partial charge is 0.337 e. The second-order valence-electron chi connectivity index (χ2n) is 7.93. The average molecular weight is 408 g/mol. The topological polar surface area (TPSA) is 110 Å². The van der Waals surface area contributed by atoms with Crippen molar-refractivity contribution in [2.45, 2.75) is 18.9 Å². The van der Waals surface area contributed by atoms with Gasteiger partial charge in [-0.25, -0.2) is 9.97 Å². The summed E-state index contributed by atoms with van der Waals surface area (Å²) in [6.07, 6.45) is 4.75. The fourth-order valence-corrected chi connectivity index (χ4v) is 4.51. The van der Waals surface area contributed by atoms with Crippen molar-refractivity contribution in [3.63, 3.8) is 0 Å². The van der Waals surface area contributed by atoms with Gasteiger partial charge >= 0.3 is 0 Å². The maximum Gasteiger partial charge on any atom is 0.263 e. The highest BCUT2D eigenvalue weighted by atomic mass is 16.5. The Hall–Kier alpha value is -4.12. The number of benzene rings is 1. The molecule has 0 spiro atoms. The van der Waals surface area contributed by atoms with Gasteiger partial charge in [-0.05, 0) is 41.5 Å². The quantitative estimate of drug-likeness (QED) is 0.510. The van der Waals surface area contributed by atoms with Crippen LogP contribution in [0.2, 0.25) is 0 Å². The molecule has 0 amide bonds. The Kier molecular flexibility index (Phi) is 3.83. The van der Waals surface area contributed by atoms with E-state index >= 15 is 0 Å². The Labute approximate surface area is 176 Å². The van der Waals surface area contributed by atoms with E-state index in [2.05, 4.69) is 50.5 Å². The zero-order valence-electron chi connectivity index (χ0n) is 16.3. The van der Waals surface area contributed by atoms with E-state index in [4.69, 9.17) is 9.78 Å². The number of nitriles is 1. The number of nitrogens with zero attached hydrogens (tertiary/aromatic N) is 6. The SMILES string of the molecule is N#Cc1ccc2c(=O)n(Cc3nc(C4C5C=C(c6ccccc6)CC54)no3)cnc2n1. The molecule has 0 bridgehead atoms. The van der Waals surface area contributed by atoms with Gasteiger partial charge in [-0.15, -0.1) is 0 Å². The van der Waals surface area contributed by atoms with Crippen molar-refractivity contribution < 1.29 is 4.52 Å². The summed E-state index contributed by atoms with van der Waals surface area (Å²) in [6.45, 7) is 0.141. The molecule has 1 aromatic carbocycles. The van der Waals surface area contributed by atoms with Crippen LogP contribution in [-0.2, 0) is 6.54 Å². The van der Waals surface area contributed by atoms with Crippen molar-refractivity contribution in [3.05, 3.63) is 88.2 Å². The lowest BCUT2D eigenvalue weighted by atomic mass is 10.0. The number of hydrogen-bond donors (Lipinski definition) is 0. The Morgan fingerprint density at radius 3 is 2.81 bits per heavy atom. The lowest BCUT2D eigenvalue weighted by Crippen LogP contribution is -2.21. The van der Waals surface area contributed by atoms with E-state index in [-0.39, 0.29) is 29.4 Å². The van der Waals surface area contributed by atoms with Crippen LogP contribution in [0.4, 0.5) is 0 Å². The van der Waals surface area contributed by atoms with E-state index in [1.54, 1.807) is 6.07 Å². The molecule has 150 valence electrons. The number of fused-ring (bicyclic) bond motifs is 2. The zero-order chi connectivity index (χ0) is 20.9. The summed E-state index contributed by atoms with van der Waals surface area (Å²) in [5, 5.41) is 13.5. The van der Waals surface area contributed by atoms with Crippen LogP contribution in [0.1, 0.15) is 35.3 Å². The third-order valence-electron chi connectivity index (χ3n) is 6.11.